The molecule has 2 aromatic rings. The molecule has 4 atom stereocenters. The van der Waals surface area contributed by atoms with E-state index in [9.17, 15) is 10.2 Å². The molecule has 1 aliphatic rings. The molecule has 6 heteroatoms. The van der Waals surface area contributed by atoms with Crippen LogP contribution in [-0.4, -0.2) is 37.0 Å². The lowest BCUT2D eigenvalue weighted by molar-refractivity contribution is 0.00971. The van der Waals surface area contributed by atoms with Gasteiger partial charge in [0.1, 0.15) is 11.6 Å². The van der Waals surface area contributed by atoms with Crippen molar-refractivity contribution in [3.8, 4) is 0 Å². The molecule has 96 valence electrons. The molecule has 0 radical (unpaired) electrons. The maximum atomic E-state index is 10.1. The monoisotopic (exact) mass is 248 g/mol. The van der Waals surface area contributed by atoms with Gasteiger partial charge in [-0.2, -0.15) is 0 Å². The van der Waals surface area contributed by atoms with Crippen LogP contribution in [0, 0.1) is 5.92 Å². The molecule has 0 saturated heterocycles. The van der Waals surface area contributed by atoms with Gasteiger partial charge in [-0.1, -0.05) is 6.92 Å². The minimum Gasteiger partial charge on any atom is -0.390 e. The first-order valence-electron chi connectivity index (χ1n) is 6.02. The molecule has 0 aliphatic heterocycles. The van der Waals surface area contributed by atoms with Crippen LogP contribution in [0.1, 0.15) is 19.4 Å². The number of anilines is 1. The number of aromatic nitrogens is 3. The maximum Gasteiger partial charge on any atom is 0.151 e. The number of hydrogen-bond donors (Lipinski definition) is 3. The van der Waals surface area contributed by atoms with Gasteiger partial charge in [0.05, 0.1) is 24.0 Å². The lowest BCUT2D eigenvalue weighted by Gasteiger charge is -2.18. The zero-order chi connectivity index (χ0) is 12.9. The van der Waals surface area contributed by atoms with Crippen LogP contribution in [-0.2, 0) is 0 Å². The molecule has 0 aromatic carbocycles. The summed E-state index contributed by atoms with van der Waals surface area (Å²) in [5, 5.41) is 19.9. The fourth-order valence-corrected chi connectivity index (χ4v) is 2.75. The van der Waals surface area contributed by atoms with Gasteiger partial charge in [0.2, 0.25) is 0 Å². The number of fused-ring (bicyclic) bond motifs is 1. The summed E-state index contributed by atoms with van der Waals surface area (Å²) in [5.74, 6) is 0.453. The van der Waals surface area contributed by atoms with Gasteiger partial charge < -0.3 is 20.5 Å². The highest BCUT2D eigenvalue weighted by Gasteiger charge is 2.40. The number of nitrogen functional groups attached to an aromatic ring is 1. The Kier molecular flexibility index (Phi) is 2.49. The number of pyridine rings is 1. The average Bonchev–Trinajstić information content (AvgIpc) is 2.88. The second-order valence-electron chi connectivity index (χ2n) is 4.98. The zero-order valence-electron chi connectivity index (χ0n) is 10.1. The Bertz CT molecular complexity index is 582. The first-order chi connectivity index (χ1) is 8.59. The summed E-state index contributed by atoms with van der Waals surface area (Å²) in [4.78, 5) is 8.22. The minimum atomic E-state index is -0.771. The normalized spacial score (nSPS) is 32.2. The molecular weight excluding hydrogens is 232 g/mol. The molecule has 1 fully saturated rings. The Morgan fingerprint density at radius 3 is 2.78 bits per heavy atom. The van der Waals surface area contributed by atoms with Gasteiger partial charge in [-0.3, -0.25) is 0 Å². The van der Waals surface area contributed by atoms with Crippen LogP contribution in [0.3, 0.4) is 0 Å². The van der Waals surface area contributed by atoms with Crippen LogP contribution in [0.4, 0.5) is 5.82 Å². The van der Waals surface area contributed by atoms with Crippen molar-refractivity contribution in [2.24, 2.45) is 5.92 Å². The summed E-state index contributed by atoms with van der Waals surface area (Å²) < 4.78 is 1.88. The molecule has 2 heterocycles. The second-order valence-corrected chi connectivity index (χ2v) is 4.98. The Balaban J connectivity index is 2.08. The summed E-state index contributed by atoms with van der Waals surface area (Å²) in [6.45, 7) is 1.93. The molecule has 2 aromatic heterocycles. The molecule has 0 spiro atoms. The van der Waals surface area contributed by atoms with Gasteiger partial charge in [0.15, 0.2) is 5.82 Å². The van der Waals surface area contributed by atoms with Gasteiger partial charge in [0.25, 0.3) is 0 Å². The lowest BCUT2D eigenvalue weighted by atomic mass is 10.1. The van der Waals surface area contributed by atoms with Gasteiger partial charge in [-0.05, 0) is 18.4 Å². The first-order valence-corrected chi connectivity index (χ1v) is 6.02. The van der Waals surface area contributed by atoms with Crippen LogP contribution in [0.15, 0.2) is 18.6 Å². The molecule has 0 bridgehead atoms. The Morgan fingerprint density at radius 1 is 1.33 bits per heavy atom. The van der Waals surface area contributed by atoms with Gasteiger partial charge in [-0.25, -0.2) is 9.97 Å². The van der Waals surface area contributed by atoms with Crippen molar-refractivity contribution in [2.45, 2.75) is 31.6 Å². The highest BCUT2D eigenvalue weighted by molar-refractivity contribution is 5.84. The largest absolute Gasteiger partial charge is 0.390 e. The average molecular weight is 248 g/mol. The van der Waals surface area contributed by atoms with Gasteiger partial charge in [0, 0.05) is 6.20 Å². The fourth-order valence-electron chi connectivity index (χ4n) is 2.75. The quantitative estimate of drug-likeness (QED) is 0.675. The van der Waals surface area contributed by atoms with Crippen molar-refractivity contribution in [1.29, 1.82) is 0 Å². The van der Waals surface area contributed by atoms with Crippen LogP contribution in [0.25, 0.3) is 11.0 Å². The molecule has 4 N–H and O–H groups in total. The fraction of sp³-hybridized carbons (Fsp3) is 0.500. The van der Waals surface area contributed by atoms with Crippen molar-refractivity contribution in [3.63, 3.8) is 0 Å². The number of imidazole rings is 1. The van der Waals surface area contributed by atoms with Crippen molar-refractivity contribution in [2.75, 3.05) is 5.73 Å². The summed E-state index contributed by atoms with van der Waals surface area (Å²) in [5.41, 5.74) is 7.24. The highest BCUT2D eigenvalue weighted by atomic mass is 16.3. The van der Waals surface area contributed by atoms with E-state index in [-0.39, 0.29) is 12.0 Å². The molecular formula is C12H16N4O2. The predicted octanol–water partition coefficient (Wildman–Crippen LogP) is 0.316. The number of nitrogens with two attached hydrogens (primary N) is 1. The van der Waals surface area contributed by atoms with Crippen molar-refractivity contribution in [3.05, 3.63) is 18.6 Å². The van der Waals surface area contributed by atoms with Crippen LogP contribution in [0.2, 0.25) is 0 Å². The van der Waals surface area contributed by atoms with E-state index in [0.29, 0.717) is 11.3 Å². The summed E-state index contributed by atoms with van der Waals surface area (Å²) in [7, 11) is 0. The van der Waals surface area contributed by atoms with E-state index in [2.05, 4.69) is 9.97 Å². The molecule has 0 amide bonds. The minimum absolute atomic E-state index is 0.0710. The zero-order valence-corrected chi connectivity index (χ0v) is 10.1. The third-order valence-corrected chi connectivity index (χ3v) is 3.82. The van der Waals surface area contributed by atoms with E-state index < -0.39 is 12.2 Å². The topological polar surface area (TPSA) is 97.2 Å². The van der Waals surface area contributed by atoms with Crippen LogP contribution >= 0.6 is 0 Å². The van der Waals surface area contributed by atoms with E-state index in [1.165, 1.54) is 0 Å². The molecule has 3 rings (SSSR count). The molecule has 1 saturated carbocycles. The van der Waals surface area contributed by atoms with Crippen molar-refractivity contribution < 1.29 is 10.2 Å². The molecule has 0 unspecified atom stereocenters. The van der Waals surface area contributed by atoms with Gasteiger partial charge in [-0.15, -0.1) is 0 Å². The maximum absolute atomic E-state index is 10.1. The second kappa shape index (κ2) is 3.93. The van der Waals surface area contributed by atoms with E-state index in [4.69, 9.17) is 5.73 Å². The van der Waals surface area contributed by atoms with Gasteiger partial charge >= 0.3 is 0 Å². The number of aliphatic hydroxyl groups excluding tert-OH is 2. The van der Waals surface area contributed by atoms with E-state index in [1.807, 2.05) is 17.6 Å². The highest BCUT2D eigenvalue weighted by Crippen LogP contribution is 2.36. The third-order valence-electron chi connectivity index (χ3n) is 3.82. The Hall–Kier alpha value is -1.66. The van der Waals surface area contributed by atoms with Crippen LogP contribution < -0.4 is 5.73 Å². The SMILES string of the molecule is C[C@H]1C[C@@H](n2cnc3c(N)nccc32)[C@H](O)[C@@H]1O. The standard InChI is InChI=1S/C12H16N4O2/c1-6-4-8(11(18)10(6)17)16-5-15-9-7(16)2-3-14-12(9)13/h2-3,5-6,8,10-11,17-18H,4H2,1H3,(H2,13,14)/t6-,8+,10+,11-/m0/s1. The van der Waals surface area contributed by atoms with Crippen molar-refractivity contribution >= 4 is 16.9 Å². The number of rotatable bonds is 1. The lowest BCUT2D eigenvalue weighted by Crippen LogP contribution is -2.28. The van der Waals surface area contributed by atoms with Crippen LogP contribution in [0.5, 0.6) is 0 Å². The predicted molar refractivity (Wildman–Crippen MR) is 66.8 cm³/mol. The van der Waals surface area contributed by atoms with E-state index in [1.54, 1.807) is 12.5 Å². The Morgan fingerprint density at radius 2 is 2.11 bits per heavy atom. The van der Waals surface area contributed by atoms with Crippen molar-refractivity contribution in [1.82, 2.24) is 14.5 Å². The van der Waals surface area contributed by atoms with E-state index in [0.717, 1.165) is 11.9 Å². The summed E-state index contributed by atoms with van der Waals surface area (Å²) >= 11 is 0. The molecule has 1 aliphatic carbocycles. The smallest absolute Gasteiger partial charge is 0.151 e. The number of hydrogen-bond acceptors (Lipinski definition) is 5. The summed E-state index contributed by atoms with van der Waals surface area (Å²) in [6, 6.07) is 1.66. The number of nitrogens with zero attached hydrogens (tertiary/aromatic N) is 3. The van der Waals surface area contributed by atoms with E-state index >= 15 is 0 Å². The summed E-state index contributed by atoms with van der Waals surface area (Å²) in [6.07, 6.45) is 2.53. The molecule has 6 nitrogen and oxygen atoms in total. The first kappa shape index (κ1) is 11.4. The molecule has 18 heavy (non-hydrogen) atoms. The number of aliphatic hydroxyl groups is 2. The Labute approximate surface area is 104 Å². The third kappa shape index (κ3) is 1.49.